The van der Waals surface area contributed by atoms with Crippen molar-refractivity contribution in [2.75, 3.05) is 19.1 Å². The molecule has 1 atom stereocenters. The van der Waals surface area contributed by atoms with E-state index in [2.05, 4.69) is 10.3 Å². The fraction of sp³-hybridized carbons (Fsp3) is 0.636. The maximum Gasteiger partial charge on any atom is 0.325 e. The van der Waals surface area contributed by atoms with Gasteiger partial charge in [-0.3, -0.25) is 9.59 Å². The number of amides is 1. The Morgan fingerprint density at radius 1 is 1.58 bits per heavy atom. The summed E-state index contributed by atoms with van der Waals surface area (Å²) in [7, 11) is 1.73. The summed E-state index contributed by atoms with van der Waals surface area (Å²) in [6.45, 7) is 1.72. The summed E-state index contributed by atoms with van der Waals surface area (Å²) in [5.41, 5.74) is 0.170. The molecule has 0 saturated heterocycles. The van der Waals surface area contributed by atoms with Crippen molar-refractivity contribution in [3.05, 3.63) is 11.9 Å². The average Bonchev–Trinajstić information content (AvgIpc) is 2.81. The summed E-state index contributed by atoms with van der Waals surface area (Å²) in [6, 6.07) is 0.132. The van der Waals surface area contributed by atoms with Crippen LogP contribution in [0, 0.1) is 0 Å². The van der Waals surface area contributed by atoms with Crippen molar-refractivity contribution >= 4 is 23.6 Å². The summed E-state index contributed by atoms with van der Waals surface area (Å²) in [6.07, 6.45) is 4.20. The molecular weight excluding hydrogens is 268 g/mol. The smallest absolute Gasteiger partial charge is 0.325 e. The van der Waals surface area contributed by atoms with Gasteiger partial charge in [-0.25, -0.2) is 4.68 Å². The molecule has 1 heterocycles. The van der Waals surface area contributed by atoms with Gasteiger partial charge < -0.3 is 10.0 Å². The van der Waals surface area contributed by atoms with E-state index in [0.717, 1.165) is 16.9 Å². The van der Waals surface area contributed by atoms with Crippen LogP contribution in [0.4, 0.5) is 0 Å². The topological polar surface area (TPSA) is 88.3 Å². The van der Waals surface area contributed by atoms with Crippen LogP contribution in [0.1, 0.15) is 23.8 Å². The molecule has 1 rings (SSSR count). The van der Waals surface area contributed by atoms with Gasteiger partial charge in [0.2, 0.25) is 0 Å². The third-order valence-electron chi connectivity index (χ3n) is 2.75. The molecule has 1 N–H and O–H groups in total. The Kier molecular flexibility index (Phi) is 5.81. The van der Waals surface area contributed by atoms with Crippen molar-refractivity contribution < 1.29 is 14.7 Å². The molecule has 0 fully saturated rings. The number of nitrogens with zero attached hydrogens (tertiary/aromatic N) is 4. The first kappa shape index (κ1) is 15.5. The molecule has 0 saturated carbocycles. The standard InChI is InChI=1S/C11H18N4O3S/c1-4-8(7-19-3)14(2)11(18)9-5-15(13-12-9)6-10(16)17/h5,8H,4,6-7H2,1-3H3,(H,16,17). The first-order valence-corrected chi connectivity index (χ1v) is 7.27. The number of aliphatic carboxylic acids is 1. The molecule has 0 radical (unpaired) electrons. The lowest BCUT2D eigenvalue weighted by atomic mass is 10.2. The Balaban J connectivity index is 2.75. The van der Waals surface area contributed by atoms with Gasteiger partial charge in [0.1, 0.15) is 6.54 Å². The van der Waals surface area contributed by atoms with E-state index in [0.29, 0.717) is 0 Å². The van der Waals surface area contributed by atoms with E-state index < -0.39 is 5.97 Å². The van der Waals surface area contributed by atoms with Crippen LogP contribution in [0.5, 0.6) is 0 Å². The number of thioether (sulfide) groups is 1. The molecule has 19 heavy (non-hydrogen) atoms. The highest BCUT2D eigenvalue weighted by molar-refractivity contribution is 7.98. The van der Waals surface area contributed by atoms with Crippen LogP contribution in [0.15, 0.2) is 6.20 Å². The van der Waals surface area contributed by atoms with Crippen molar-refractivity contribution in [3.8, 4) is 0 Å². The van der Waals surface area contributed by atoms with Gasteiger partial charge in [-0.15, -0.1) is 5.10 Å². The fourth-order valence-electron chi connectivity index (χ4n) is 1.65. The molecular formula is C11H18N4O3S. The number of hydrogen-bond acceptors (Lipinski definition) is 5. The summed E-state index contributed by atoms with van der Waals surface area (Å²) in [5.74, 6) is -0.411. The van der Waals surface area contributed by atoms with Crippen molar-refractivity contribution in [1.82, 2.24) is 19.9 Å². The van der Waals surface area contributed by atoms with Gasteiger partial charge in [-0.1, -0.05) is 12.1 Å². The van der Waals surface area contributed by atoms with E-state index in [1.165, 1.54) is 6.20 Å². The third-order valence-corrected chi connectivity index (χ3v) is 3.47. The van der Waals surface area contributed by atoms with E-state index >= 15 is 0 Å². The molecule has 1 unspecified atom stereocenters. The maximum absolute atomic E-state index is 12.2. The molecule has 0 spiro atoms. The second-order valence-electron chi connectivity index (χ2n) is 4.13. The van der Waals surface area contributed by atoms with Crippen molar-refractivity contribution in [2.24, 2.45) is 0 Å². The minimum Gasteiger partial charge on any atom is -0.480 e. The quantitative estimate of drug-likeness (QED) is 0.788. The minimum absolute atomic E-state index is 0.132. The van der Waals surface area contributed by atoms with Crippen molar-refractivity contribution in [2.45, 2.75) is 25.9 Å². The zero-order chi connectivity index (χ0) is 14.4. The molecule has 0 aromatic carbocycles. The number of carbonyl (C=O) groups is 2. The molecule has 0 aliphatic heterocycles. The van der Waals surface area contributed by atoms with Gasteiger partial charge >= 0.3 is 5.97 Å². The van der Waals surface area contributed by atoms with E-state index in [-0.39, 0.29) is 24.2 Å². The maximum atomic E-state index is 12.2. The normalized spacial score (nSPS) is 12.2. The largest absolute Gasteiger partial charge is 0.480 e. The van der Waals surface area contributed by atoms with E-state index in [1.54, 1.807) is 23.7 Å². The minimum atomic E-state index is -1.02. The van der Waals surface area contributed by atoms with E-state index in [9.17, 15) is 9.59 Å². The van der Waals surface area contributed by atoms with Gasteiger partial charge in [-0.2, -0.15) is 11.8 Å². The van der Waals surface area contributed by atoms with Gasteiger partial charge in [0.25, 0.3) is 5.91 Å². The Hall–Kier alpha value is -1.57. The molecule has 1 amide bonds. The SMILES string of the molecule is CCC(CSC)N(C)C(=O)c1cn(CC(=O)O)nn1. The lowest BCUT2D eigenvalue weighted by molar-refractivity contribution is -0.137. The van der Waals surface area contributed by atoms with Crippen LogP contribution in [-0.4, -0.2) is 62.0 Å². The van der Waals surface area contributed by atoms with Gasteiger partial charge in [0.05, 0.1) is 6.20 Å². The van der Waals surface area contributed by atoms with Gasteiger partial charge in [-0.05, 0) is 12.7 Å². The predicted octanol–water partition coefficient (Wildman–Crippen LogP) is 0.576. The zero-order valence-corrected chi connectivity index (χ0v) is 12.1. The molecule has 8 heteroatoms. The number of carboxylic acid groups (broad SMARTS) is 1. The average molecular weight is 286 g/mol. The summed E-state index contributed by atoms with van der Waals surface area (Å²) < 4.78 is 1.14. The number of carbonyl (C=O) groups excluding carboxylic acids is 1. The van der Waals surface area contributed by atoms with Crippen LogP contribution in [-0.2, 0) is 11.3 Å². The Labute approximate surface area is 116 Å². The summed E-state index contributed by atoms with van der Waals surface area (Å²) >= 11 is 1.68. The van der Waals surface area contributed by atoms with E-state index in [1.807, 2.05) is 13.2 Å². The highest BCUT2D eigenvalue weighted by Crippen LogP contribution is 2.11. The number of carboxylic acids is 1. The van der Waals surface area contributed by atoms with Crippen LogP contribution >= 0.6 is 11.8 Å². The van der Waals surface area contributed by atoms with Crippen LogP contribution in [0.25, 0.3) is 0 Å². The molecule has 1 aromatic rings. The molecule has 7 nitrogen and oxygen atoms in total. The zero-order valence-electron chi connectivity index (χ0n) is 11.2. The number of rotatable bonds is 7. The summed E-state index contributed by atoms with van der Waals surface area (Å²) in [5, 5.41) is 16.0. The third kappa shape index (κ3) is 4.23. The Morgan fingerprint density at radius 3 is 2.79 bits per heavy atom. The fourth-order valence-corrected chi connectivity index (χ4v) is 2.50. The molecule has 106 valence electrons. The van der Waals surface area contributed by atoms with Crippen LogP contribution in [0.2, 0.25) is 0 Å². The van der Waals surface area contributed by atoms with Crippen LogP contribution in [0.3, 0.4) is 0 Å². The lowest BCUT2D eigenvalue weighted by Crippen LogP contribution is -2.38. The molecule has 0 aliphatic rings. The van der Waals surface area contributed by atoms with E-state index in [4.69, 9.17) is 5.11 Å². The Bertz CT molecular complexity index is 449. The second kappa shape index (κ2) is 7.13. The van der Waals surface area contributed by atoms with Crippen molar-refractivity contribution in [3.63, 3.8) is 0 Å². The summed E-state index contributed by atoms with van der Waals surface area (Å²) in [4.78, 5) is 24.3. The predicted molar refractivity (Wildman–Crippen MR) is 72.2 cm³/mol. The number of hydrogen-bond donors (Lipinski definition) is 1. The molecule has 1 aromatic heterocycles. The van der Waals surface area contributed by atoms with Crippen LogP contribution < -0.4 is 0 Å². The second-order valence-corrected chi connectivity index (χ2v) is 5.04. The first-order valence-electron chi connectivity index (χ1n) is 5.87. The Morgan fingerprint density at radius 2 is 2.26 bits per heavy atom. The first-order chi connectivity index (χ1) is 8.99. The molecule has 0 bridgehead atoms. The van der Waals surface area contributed by atoms with Gasteiger partial charge in [0, 0.05) is 18.8 Å². The highest BCUT2D eigenvalue weighted by Gasteiger charge is 2.22. The lowest BCUT2D eigenvalue weighted by Gasteiger charge is -2.25. The van der Waals surface area contributed by atoms with Crippen molar-refractivity contribution in [1.29, 1.82) is 0 Å². The monoisotopic (exact) mass is 286 g/mol. The van der Waals surface area contributed by atoms with Gasteiger partial charge in [0.15, 0.2) is 5.69 Å². The highest BCUT2D eigenvalue weighted by atomic mass is 32.2. The molecule has 0 aliphatic carbocycles. The number of aromatic nitrogens is 3.